The van der Waals surface area contributed by atoms with Crippen molar-refractivity contribution in [1.29, 1.82) is 5.41 Å². The summed E-state index contributed by atoms with van der Waals surface area (Å²) in [4.78, 5) is 23.2. The summed E-state index contributed by atoms with van der Waals surface area (Å²) in [6.07, 6.45) is 0. The average Bonchev–Trinajstić information content (AvgIpc) is 2.47. The lowest BCUT2D eigenvalue weighted by atomic mass is 10.2. The molecule has 0 heterocycles. The quantitative estimate of drug-likeness (QED) is 0.387. The third kappa shape index (κ3) is 4.82. The van der Waals surface area contributed by atoms with Gasteiger partial charge in [-0.3, -0.25) is 10.2 Å². The zero-order valence-corrected chi connectivity index (χ0v) is 13.1. The number of carbonyl (C=O) groups is 2. The van der Waals surface area contributed by atoms with E-state index in [4.69, 9.17) is 20.6 Å². The molecule has 0 saturated heterocycles. The Bertz CT molecular complexity index is 729. The first kappa shape index (κ1) is 18.2. The summed E-state index contributed by atoms with van der Waals surface area (Å²) >= 11 is 0. The molecule has 0 unspecified atom stereocenters. The van der Waals surface area contributed by atoms with Crippen LogP contribution in [0.15, 0.2) is 48.5 Å². The van der Waals surface area contributed by atoms with Gasteiger partial charge in [0.2, 0.25) is 0 Å². The number of hydrogen-bond donors (Lipinski definition) is 2. The Morgan fingerprint density at radius 1 is 1.00 bits per heavy atom. The summed E-state index contributed by atoms with van der Waals surface area (Å²) in [7, 11) is 0. The van der Waals surface area contributed by atoms with Crippen molar-refractivity contribution in [3.05, 3.63) is 59.7 Å². The number of amidine groups is 1. The predicted octanol–water partition coefficient (Wildman–Crippen LogP) is 2.54. The molecule has 2 aromatic carbocycles. The van der Waals surface area contributed by atoms with E-state index in [1.54, 1.807) is 24.3 Å². The van der Waals surface area contributed by atoms with Crippen LogP contribution in [0.5, 0.6) is 11.5 Å². The lowest BCUT2D eigenvalue weighted by Crippen LogP contribution is -2.13. The van der Waals surface area contributed by atoms with Crippen molar-refractivity contribution in [2.24, 2.45) is 5.73 Å². The van der Waals surface area contributed by atoms with Crippen LogP contribution in [0.2, 0.25) is 0 Å². The van der Waals surface area contributed by atoms with Crippen LogP contribution in [0.3, 0.4) is 0 Å². The average molecular weight is 335 g/mol. The summed E-state index contributed by atoms with van der Waals surface area (Å²) in [5.41, 5.74) is 6.02. The highest BCUT2D eigenvalue weighted by molar-refractivity contribution is 5.96. The third-order valence-corrected chi connectivity index (χ3v) is 2.74. The summed E-state index contributed by atoms with van der Waals surface area (Å²) in [5, 5.41) is 7.30. The molecule has 0 radical (unpaired) electrons. The minimum Gasteiger partial charge on any atom is -0.426 e. The summed E-state index contributed by atoms with van der Waals surface area (Å²) in [6, 6.07) is 12.5. The van der Waals surface area contributed by atoms with E-state index in [1.807, 2.05) is 0 Å². The van der Waals surface area contributed by atoms with Gasteiger partial charge in [0, 0.05) is 12.5 Å². The van der Waals surface area contributed by atoms with Crippen molar-refractivity contribution < 1.29 is 19.1 Å². The van der Waals surface area contributed by atoms with Gasteiger partial charge >= 0.3 is 11.9 Å². The number of esters is 2. The van der Waals surface area contributed by atoms with E-state index in [0.29, 0.717) is 11.3 Å². The van der Waals surface area contributed by atoms with E-state index in [-0.39, 0.29) is 29.6 Å². The first-order chi connectivity index (χ1) is 10.5. The maximum Gasteiger partial charge on any atom is 0.347 e. The Morgan fingerprint density at radius 2 is 1.61 bits per heavy atom. The molecule has 0 spiro atoms. The number of nitrogens with one attached hydrogen (secondary N) is 1. The molecule has 23 heavy (non-hydrogen) atoms. The van der Waals surface area contributed by atoms with Crippen LogP contribution in [0, 0.1) is 5.41 Å². The number of ether oxygens (including phenoxy) is 2. The van der Waals surface area contributed by atoms with Gasteiger partial charge in [0.05, 0.1) is 0 Å². The molecule has 3 N–H and O–H groups in total. The van der Waals surface area contributed by atoms with Gasteiger partial charge in [0.1, 0.15) is 22.9 Å². The minimum atomic E-state index is -0.646. The molecular formula is C16H15ClN2O4. The molecular weight excluding hydrogens is 320 g/mol. The van der Waals surface area contributed by atoms with E-state index in [2.05, 4.69) is 0 Å². The molecule has 0 atom stereocenters. The molecule has 0 aliphatic carbocycles. The first-order valence-corrected chi connectivity index (χ1v) is 6.41. The SMILES string of the molecule is CC(=O)Oc1ccccc1C(=O)Oc1ccc(C(=N)N)cc1.Cl. The molecule has 0 saturated carbocycles. The van der Waals surface area contributed by atoms with E-state index >= 15 is 0 Å². The Morgan fingerprint density at radius 3 is 2.17 bits per heavy atom. The molecule has 2 rings (SSSR count). The molecule has 0 aliphatic heterocycles. The van der Waals surface area contributed by atoms with Gasteiger partial charge in [-0.15, -0.1) is 12.4 Å². The van der Waals surface area contributed by atoms with Crippen molar-refractivity contribution in [2.75, 3.05) is 0 Å². The summed E-state index contributed by atoms with van der Waals surface area (Å²) in [6.45, 7) is 1.25. The number of nitrogens with two attached hydrogens (primary N) is 1. The number of halogens is 1. The van der Waals surface area contributed by atoms with Crippen LogP contribution in [0.1, 0.15) is 22.8 Å². The van der Waals surface area contributed by atoms with Gasteiger partial charge in [-0.05, 0) is 36.4 Å². The first-order valence-electron chi connectivity index (χ1n) is 6.41. The van der Waals surface area contributed by atoms with Crippen LogP contribution < -0.4 is 15.2 Å². The fourth-order valence-electron chi connectivity index (χ4n) is 1.74. The van der Waals surface area contributed by atoms with Gasteiger partial charge in [0.25, 0.3) is 0 Å². The number of benzene rings is 2. The highest BCUT2D eigenvalue weighted by Crippen LogP contribution is 2.21. The van der Waals surface area contributed by atoms with Crippen molar-refractivity contribution >= 4 is 30.2 Å². The second kappa shape index (κ2) is 7.95. The largest absolute Gasteiger partial charge is 0.426 e. The van der Waals surface area contributed by atoms with Crippen LogP contribution in [-0.4, -0.2) is 17.8 Å². The topological polar surface area (TPSA) is 102 Å². The normalized spacial score (nSPS) is 9.43. The fraction of sp³-hybridized carbons (Fsp3) is 0.0625. The van der Waals surface area contributed by atoms with E-state index in [0.717, 1.165) is 0 Å². The van der Waals surface area contributed by atoms with E-state index < -0.39 is 11.9 Å². The molecule has 0 fully saturated rings. The maximum atomic E-state index is 12.2. The highest BCUT2D eigenvalue weighted by atomic mass is 35.5. The van der Waals surface area contributed by atoms with Crippen molar-refractivity contribution in [3.8, 4) is 11.5 Å². The molecule has 120 valence electrons. The third-order valence-electron chi connectivity index (χ3n) is 2.74. The second-order valence-corrected chi connectivity index (χ2v) is 4.42. The fourth-order valence-corrected chi connectivity index (χ4v) is 1.74. The number of nitrogen functional groups attached to an aromatic ring is 1. The smallest absolute Gasteiger partial charge is 0.347 e. The van der Waals surface area contributed by atoms with Crippen LogP contribution >= 0.6 is 12.4 Å². The van der Waals surface area contributed by atoms with Gasteiger partial charge in [-0.2, -0.15) is 0 Å². The molecule has 2 aromatic rings. The monoisotopic (exact) mass is 334 g/mol. The zero-order valence-electron chi connectivity index (χ0n) is 12.2. The van der Waals surface area contributed by atoms with Crippen molar-refractivity contribution in [1.82, 2.24) is 0 Å². The van der Waals surface area contributed by atoms with Crippen LogP contribution in [0.4, 0.5) is 0 Å². The number of carbonyl (C=O) groups excluding carboxylic acids is 2. The van der Waals surface area contributed by atoms with Crippen molar-refractivity contribution in [3.63, 3.8) is 0 Å². The molecule has 6 nitrogen and oxygen atoms in total. The van der Waals surface area contributed by atoms with E-state index in [1.165, 1.54) is 31.2 Å². The lowest BCUT2D eigenvalue weighted by molar-refractivity contribution is -0.131. The van der Waals surface area contributed by atoms with Crippen LogP contribution in [-0.2, 0) is 4.79 Å². The summed E-state index contributed by atoms with van der Waals surface area (Å²) < 4.78 is 10.2. The Balaban J connectivity index is 0.00000264. The molecule has 0 aliphatic rings. The Hall–Kier alpha value is -2.86. The van der Waals surface area contributed by atoms with E-state index in [9.17, 15) is 9.59 Å². The Labute approximate surface area is 139 Å². The summed E-state index contributed by atoms with van der Waals surface area (Å²) in [5.74, 6) is -0.801. The molecule has 0 aromatic heterocycles. The Kier molecular flexibility index (Phi) is 6.29. The number of para-hydroxylation sites is 1. The zero-order chi connectivity index (χ0) is 16.1. The minimum absolute atomic E-state index is 0. The highest BCUT2D eigenvalue weighted by Gasteiger charge is 2.15. The lowest BCUT2D eigenvalue weighted by Gasteiger charge is -2.09. The maximum absolute atomic E-state index is 12.2. The number of hydrogen-bond acceptors (Lipinski definition) is 5. The molecule has 7 heteroatoms. The molecule has 0 amide bonds. The second-order valence-electron chi connectivity index (χ2n) is 4.42. The van der Waals surface area contributed by atoms with Gasteiger partial charge in [-0.25, -0.2) is 4.79 Å². The predicted molar refractivity (Wildman–Crippen MR) is 87.4 cm³/mol. The van der Waals surface area contributed by atoms with Crippen molar-refractivity contribution in [2.45, 2.75) is 6.92 Å². The number of rotatable bonds is 4. The van der Waals surface area contributed by atoms with Crippen LogP contribution in [0.25, 0.3) is 0 Å². The molecule has 0 bridgehead atoms. The standard InChI is InChI=1S/C16H14N2O4.ClH/c1-10(19)21-14-5-3-2-4-13(14)16(20)22-12-8-6-11(7-9-12)15(17)18;/h2-9H,1H3,(H3,17,18);1H. The van der Waals surface area contributed by atoms with Gasteiger partial charge in [0.15, 0.2) is 0 Å². The van der Waals surface area contributed by atoms with Gasteiger partial charge < -0.3 is 15.2 Å². The van der Waals surface area contributed by atoms with Gasteiger partial charge in [-0.1, -0.05) is 12.1 Å².